The third kappa shape index (κ3) is 4.71. The van der Waals surface area contributed by atoms with E-state index in [-0.39, 0.29) is 17.7 Å². The zero-order valence-electron chi connectivity index (χ0n) is 16.5. The molecule has 1 atom stereocenters. The zero-order chi connectivity index (χ0) is 21.1. The molecule has 30 heavy (non-hydrogen) atoms. The molecule has 0 N–H and O–H groups in total. The lowest BCUT2D eigenvalue weighted by atomic mass is 9.98. The van der Waals surface area contributed by atoms with Crippen LogP contribution in [0.4, 0.5) is 8.78 Å². The first-order chi connectivity index (χ1) is 14.5. The second kappa shape index (κ2) is 9.24. The summed E-state index contributed by atoms with van der Waals surface area (Å²) in [5, 5.41) is 4.20. The summed E-state index contributed by atoms with van der Waals surface area (Å²) in [7, 11) is 1.77. The number of rotatable bonds is 7. The number of amides is 1. The number of halogens is 2. The van der Waals surface area contributed by atoms with Crippen molar-refractivity contribution in [1.82, 2.24) is 9.80 Å². The lowest BCUT2D eigenvalue weighted by Crippen LogP contribution is -2.42. The second-order valence-electron chi connectivity index (χ2n) is 7.21. The van der Waals surface area contributed by atoms with Gasteiger partial charge in [0.15, 0.2) is 0 Å². The molecule has 4 rings (SSSR count). The molecule has 1 aliphatic heterocycles. The van der Waals surface area contributed by atoms with Crippen LogP contribution in [-0.2, 0) is 17.8 Å². The predicted molar refractivity (Wildman–Crippen MR) is 115 cm³/mol. The highest BCUT2D eigenvalue weighted by atomic mass is 32.1. The maximum absolute atomic E-state index is 13.0. The topological polar surface area (TPSA) is 32.8 Å². The van der Waals surface area contributed by atoms with E-state index in [1.54, 1.807) is 46.8 Å². The minimum atomic E-state index is -2.84. The summed E-state index contributed by atoms with van der Waals surface area (Å²) in [5.41, 5.74) is 2.17. The number of thiophene rings is 2. The Labute approximate surface area is 182 Å². The van der Waals surface area contributed by atoms with Crippen LogP contribution in [0, 0.1) is 0 Å². The molecule has 158 valence electrons. The maximum Gasteiger partial charge on any atom is 0.387 e. The van der Waals surface area contributed by atoms with Crippen LogP contribution in [-0.4, -0.2) is 42.5 Å². The van der Waals surface area contributed by atoms with Gasteiger partial charge in [-0.2, -0.15) is 8.78 Å². The Morgan fingerprint density at radius 2 is 2.00 bits per heavy atom. The van der Waals surface area contributed by atoms with Crippen LogP contribution in [0.2, 0.25) is 0 Å². The van der Waals surface area contributed by atoms with Gasteiger partial charge in [-0.05, 0) is 52.6 Å². The molecule has 1 aliphatic rings. The summed E-state index contributed by atoms with van der Waals surface area (Å²) in [6, 6.07) is 12.9. The molecule has 2 aromatic heterocycles. The third-order valence-corrected chi connectivity index (χ3v) is 7.13. The number of likely N-dealkylation sites (N-methyl/N-ethyl adjacent to an activating group) is 1. The molecule has 8 heteroatoms. The van der Waals surface area contributed by atoms with Crippen molar-refractivity contribution in [3.63, 3.8) is 0 Å². The van der Waals surface area contributed by atoms with Crippen LogP contribution in [0.15, 0.2) is 53.2 Å². The number of hydrogen-bond donors (Lipinski definition) is 0. The average molecular weight is 449 g/mol. The van der Waals surface area contributed by atoms with Gasteiger partial charge in [-0.15, -0.1) is 22.7 Å². The number of carbonyl (C=O) groups excluding carboxylic acids is 1. The Morgan fingerprint density at radius 1 is 1.20 bits per heavy atom. The number of alkyl halides is 2. The normalized spacial score (nSPS) is 16.5. The van der Waals surface area contributed by atoms with Gasteiger partial charge in [0.1, 0.15) is 5.75 Å². The monoisotopic (exact) mass is 448 g/mol. The minimum Gasteiger partial charge on any atom is -0.435 e. The second-order valence-corrected chi connectivity index (χ2v) is 9.19. The molecule has 3 heterocycles. The molecule has 0 fully saturated rings. The molecule has 1 unspecified atom stereocenters. The Hall–Kier alpha value is -2.29. The van der Waals surface area contributed by atoms with E-state index in [1.165, 1.54) is 27.5 Å². The minimum absolute atomic E-state index is 0.0307. The van der Waals surface area contributed by atoms with Gasteiger partial charge in [-0.25, -0.2) is 0 Å². The van der Waals surface area contributed by atoms with Crippen molar-refractivity contribution in [2.45, 2.75) is 25.6 Å². The number of nitrogens with zero attached hydrogens (tertiary/aromatic N) is 2. The van der Waals surface area contributed by atoms with E-state index in [2.05, 4.69) is 32.5 Å². The van der Waals surface area contributed by atoms with Gasteiger partial charge in [0.05, 0.1) is 12.6 Å². The summed E-state index contributed by atoms with van der Waals surface area (Å²) >= 11 is 3.50. The molecule has 0 saturated carbocycles. The molecule has 0 saturated heterocycles. The number of ether oxygens (including phenoxy) is 1. The summed E-state index contributed by atoms with van der Waals surface area (Å²) < 4.78 is 28.9. The molecule has 0 radical (unpaired) electrons. The standard InChI is InChI=1S/C22H22F2N2O2S2/c1-25(13-15-4-6-16(7-5-15)28-22(23)24)20(27)14-26-10-8-18-17(9-12-30-18)21(26)19-3-2-11-29-19/h2-7,9,11-12,21-22H,8,10,13-14H2,1H3. The van der Waals surface area contributed by atoms with Crippen LogP contribution in [0.3, 0.4) is 0 Å². The molecule has 0 bridgehead atoms. The number of carbonyl (C=O) groups is 1. The SMILES string of the molecule is CN(Cc1ccc(OC(F)F)cc1)C(=O)CN1CCc2sccc2C1c1cccs1. The molecule has 4 nitrogen and oxygen atoms in total. The molecular formula is C22H22F2N2O2S2. The molecule has 1 amide bonds. The summed E-state index contributed by atoms with van der Waals surface area (Å²) in [6.07, 6.45) is 0.956. The smallest absolute Gasteiger partial charge is 0.387 e. The van der Waals surface area contributed by atoms with Gasteiger partial charge < -0.3 is 9.64 Å². The van der Waals surface area contributed by atoms with Crippen LogP contribution in [0.5, 0.6) is 5.75 Å². The van der Waals surface area contributed by atoms with Crippen LogP contribution < -0.4 is 4.74 Å². The fourth-order valence-corrected chi connectivity index (χ4v) is 5.53. The third-order valence-electron chi connectivity index (χ3n) is 5.21. The summed E-state index contributed by atoms with van der Waals surface area (Å²) in [5.74, 6) is 0.143. The molecule has 0 aliphatic carbocycles. The molecule has 1 aromatic carbocycles. The van der Waals surface area contributed by atoms with Crippen molar-refractivity contribution < 1.29 is 18.3 Å². The molecular weight excluding hydrogens is 426 g/mol. The number of hydrogen-bond acceptors (Lipinski definition) is 5. The van der Waals surface area contributed by atoms with E-state index in [1.807, 2.05) is 6.07 Å². The lowest BCUT2D eigenvalue weighted by molar-refractivity contribution is -0.132. The number of benzene rings is 1. The van der Waals surface area contributed by atoms with Crippen molar-refractivity contribution in [2.75, 3.05) is 20.1 Å². The van der Waals surface area contributed by atoms with Crippen LogP contribution in [0.1, 0.15) is 26.9 Å². The van der Waals surface area contributed by atoms with Crippen molar-refractivity contribution >= 4 is 28.6 Å². The van der Waals surface area contributed by atoms with Crippen molar-refractivity contribution in [1.29, 1.82) is 0 Å². The quantitative estimate of drug-likeness (QED) is 0.509. The van der Waals surface area contributed by atoms with E-state index >= 15 is 0 Å². The fourth-order valence-electron chi connectivity index (χ4n) is 3.75. The van der Waals surface area contributed by atoms with Gasteiger partial charge in [0.2, 0.25) is 5.91 Å². The van der Waals surface area contributed by atoms with Crippen LogP contribution in [0.25, 0.3) is 0 Å². The highest BCUT2D eigenvalue weighted by molar-refractivity contribution is 7.10. The zero-order valence-corrected chi connectivity index (χ0v) is 18.1. The molecule has 0 spiro atoms. The van der Waals surface area contributed by atoms with E-state index in [9.17, 15) is 13.6 Å². The first-order valence-electron chi connectivity index (χ1n) is 9.62. The first-order valence-corrected chi connectivity index (χ1v) is 11.4. The van der Waals surface area contributed by atoms with E-state index in [0.717, 1.165) is 18.5 Å². The fraction of sp³-hybridized carbons (Fsp3) is 0.318. The summed E-state index contributed by atoms with van der Waals surface area (Å²) in [6.45, 7) is -1.25. The van der Waals surface area contributed by atoms with Crippen LogP contribution >= 0.6 is 22.7 Å². The highest BCUT2D eigenvalue weighted by Gasteiger charge is 2.32. The predicted octanol–water partition coefficient (Wildman–Crippen LogP) is 5.02. The maximum atomic E-state index is 13.0. The Balaban J connectivity index is 1.42. The van der Waals surface area contributed by atoms with Gasteiger partial charge in [0, 0.05) is 29.9 Å². The van der Waals surface area contributed by atoms with E-state index < -0.39 is 6.61 Å². The number of fused-ring (bicyclic) bond motifs is 1. The molecule has 3 aromatic rings. The highest BCUT2D eigenvalue weighted by Crippen LogP contribution is 2.39. The summed E-state index contributed by atoms with van der Waals surface area (Å²) in [4.78, 5) is 19.5. The largest absolute Gasteiger partial charge is 0.435 e. The van der Waals surface area contributed by atoms with Gasteiger partial charge in [-0.3, -0.25) is 9.69 Å². The average Bonchev–Trinajstić information content (AvgIpc) is 3.40. The van der Waals surface area contributed by atoms with E-state index in [0.29, 0.717) is 13.1 Å². The van der Waals surface area contributed by atoms with Crippen molar-refractivity contribution in [3.05, 3.63) is 74.1 Å². The lowest BCUT2D eigenvalue weighted by Gasteiger charge is -2.35. The van der Waals surface area contributed by atoms with Gasteiger partial charge in [0.25, 0.3) is 0 Å². The van der Waals surface area contributed by atoms with Gasteiger partial charge >= 0.3 is 6.61 Å². The Morgan fingerprint density at radius 3 is 2.70 bits per heavy atom. The van der Waals surface area contributed by atoms with E-state index in [4.69, 9.17) is 0 Å². The van der Waals surface area contributed by atoms with Crippen molar-refractivity contribution in [2.24, 2.45) is 0 Å². The Kier molecular flexibility index (Phi) is 6.46. The first kappa shape index (κ1) is 21.0. The Bertz CT molecular complexity index is 973. The van der Waals surface area contributed by atoms with Gasteiger partial charge in [-0.1, -0.05) is 18.2 Å². The van der Waals surface area contributed by atoms with Crippen molar-refractivity contribution in [3.8, 4) is 5.75 Å².